The summed E-state index contributed by atoms with van der Waals surface area (Å²) in [5.41, 5.74) is 5.11. The lowest BCUT2D eigenvalue weighted by molar-refractivity contribution is 0.102. The maximum atomic E-state index is 15.2. The molecule has 2 aliphatic rings. The first-order chi connectivity index (χ1) is 16.5. The second-order valence-electron chi connectivity index (χ2n) is 8.95. The zero-order valence-electron chi connectivity index (χ0n) is 19.5. The predicted octanol–water partition coefficient (Wildman–Crippen LogP) is 2.66. The number of nitrogens with one attached hydrogen (secondary N) is 1. The summed E-state index contributed by atoms with van der Waals surface area (Å²) in [6.07, 6.45) is 8.23. The minimum atomic E-state index is -3.04. The molecular weight excluding hydrogens is 469 g/mol. The first-order valence-electron chi connectivity index (χ1n) is 10.9. The molecule has 4 heterocycles. The van der Waals surface area contributed by atoms with Crippen LogP contribution >= 0.6 is 0 Å². The number of nitrogens with zero attached hydrogens (tertiary/aromatic N) is 5. The molecule has 2 aliphatic heterocycles. The Kier molecular flexibility index (Phi) is 5.86. The number of anilines is 1. The molecule has 2 aromatic heterocycles. The molecule has 4 rings (SSSR count). The van der Waals surface area contributed by atoms with Crippen molar-refractivity contribution in [3.8, 4) is 18.4 Å². The van der Waals surface area contributed by atoms with Crippen molar-refractivity contribution < 1.29 is 13.4 Å². The van der Waals surface area contributed by atoms with E-state index in [4.69, 9.17) is 17.4 Å². The minimum Gasteiger partial charge on any atom is -0.386 e. The lowest BCUT2D eigenvalue weighted by Crippen LogP contribution is -2.61. The van der Waals surface area contributed by atoms with Crippen LogP contribution in [0.4, 0.5) is 10.2 Å². The molecule has 2 aromatic rings. The van der Waals surface area contributed by atoms with Gasteiger partial charge in [-0.1, -0.05) is 5.92 Å². The standard InChI is InChI=1S/C24H24FN7O2S/c1-5-24(17-7-6-10-29-35(17,34)23(3,4)22(27)32-24)20-16(25)8-9-18(30-20)31-21(33)19-14(2)11-15(12-26)13-28-19/h1,8-9,11,13,17H,6-7,10H2,2-4H3,(H2,27,32)(H,30,31,33)/t17-,24-,35?/m0/s1. The summed E-state index contributed by atoms with van der Waals surface area (Å²) < 4.78 is 32.8. The van der Waals surface area contributed by atoms with Crippen molar-refractivity contribution in [1.82, 2.24) is 9.97 Å². The van der Waals surface area contributed by atoms with Crippen LogP contribution in [0, 0.1) is 36.4 Å². The zero-order chi connectivity index (χ0) is 25.6. The number of carbonyl (C=O) groups excluding carboxylic acids is 1. The maximum absolute atomic E-state index is 15.2. The quantitative estimate of drug-likeness (QED) is 0.629. The molecule has 11 heteroatoms. The fraction of sp³-hybridized carbons (Fsp3) is 0.375. The van der Waals surface area contributed by atoms with E-state index in [1.165, 1.54) is 18.3 Å². The van der Waals surface area contributed by atoms with E-state index in [0.29, 0.717) is 30.5 Å². The van der Waals surface area contributed by atoms with E-state index < -0.39 is 37.0 Å². The number of halogens is 1. The molecule has 0 aliphatic carbocycles. The molecule has 35 heavy (non-hydrogen) atoms. The molecule has 9 nitrogen and oxygen atoms in total. The van der Waals surface area contributed by atoms with E-state index in [0.717, 1.165) is 6.07 Å². The average molecular weight is 494 g/mol. The van der Waals surface area contributed by atoms with Crippen molar-refractivity contribution in [3.63, 3.8) is 0 Å². The normalized spacial score (nSPS) is 26.8. The van der Waals surface area contributed by atoms with Gasteiger partial charge in [-0.25, -0.2) is 27.9 Å². The van der Waals surface area contributed by atoms with Gasteiger partial charge in [-0.3, -0.25) is 4.79 Å². The van der Waals surface area contributed by atoms with E-state index in [9.17, 15) is 9.00 Å². The second kappa shape index (κ2) is 8.43. The van der Waals surface area contributed by atoms with Crippen LogP contribution in [0.2, 0.25) is 0 Å². The van der Waals surface area contributed by atoms with Gasteiger partial charge in [0.2, 0.25) is 0 Å². The number of amides is 1. The van der Waals surface area contributed by atoms with Crippen LogP contribution in [0.3, 0.4) is 0 Å². The van der Waals surface area contributed by atoms with Crippen LogP contribution in [0.15, 0.2) is 33.8 Å². The summed E-state index contributed by atoms with van der Waals surface area (Å²) in [7, 11) is -3.04. The van der Waals surface area contributed by atoms with Crippen molar-refractivity contribution in [2.24, 2.45) is 15.1 Å². The van der Waals surface area contributed by atoms with Gasteiger partial charge >= 0.3 is 0 Å². The zero-order valence-corrected chi connectivity index (χ0v) is 20.3. The monoisotopic (exact) mass is 493 g/mol. The Bertz CT molecular complexity index is 1480. The Morgan fingerprint density at radius 2 is 2.14 bits per heavy atom. The van der Waals surface area contributed by atoms with E-state index in [-0.39, 0.29) is 23.0 Å². The Hall–Kier alpha value is -3.83. The van der Waals surface area contributed by atoms with Gasteiger partial charge in [0.25, 0.3) is 5.91 Å². The summed E-state index contributed by atoms with van der Waals surface area (Å²) in [6.45, 7) is 5.42. The van der Waals surface area contributed by atoms with Crippen LogP contribution in [0.1, 0.15) is 54.0 Å². The Morgan fingerprint density at radius 1 is 1.40 bits per heavy atom. The van der Waals surface area contributed by atoms with Gasteiger partial charge in [0.05, 0.1) is 20.5 Å². The fourth-order valence-corrected chi connectivity index (χ4v) is 7.60. The van der Waals surface area contributed by atoms with E-state index >= 15 is 4.39 Å². The summed E-state index contributed by atoms with van der Waals surface area (Å²) in [4.78, 5) is 25.7. The van der Waals surface area contributed by atoms with Gasteiger partial charge in [0.1, 0.15) is 39.7 Å². The number of fused-ring (bicyclic) bond motifs is 1. The minimum absolute atomic E-state index is 0.00411. The number of carbonyl (C=O) groups is 1. The molecular formula is C24H24FN7O2S. The summed E-state index contributed by atoms with van der Waals surface area (Å²) >= 11 is 0. The Balaban J connectivity index is 1.82. The topological polar surface area (TPSA) is 146 Å². The smallest absolute Gasteiger partial charge is 0.275 e. The van der Waals surface area contributed by atoms with Crippen LogP contribution < -0.4 is 11.1 Å². The predicted molar refractivity (Wildman–Crippen MR) is 131 cm³/mol. The fourth-order valence-electron chi connectivity index (χ4n) is 4.46. The number of nitrogens with two attached hydrogens (primary N) is 1. The molecule has 0 spiro atoms. The first-order valence-corrected chi connectivity index (χ1v) is 12.5. The highest BCUT2D eigenvalue weighted by Crippen LogP contribution is 2.46. The number of pyridine rings is 2. The lowest BCUT2D eigenvalue weighted by Gasteiger charge is -2.46. The lowest BCUT2D eigenvalue weighted by atomic mass is 9.87. The van der Waals surface area contributed by atoms with Crippen molar-refractivity contribution in [3.05, 3.63) is 52.7 Å². The molecule has 180 valence electrons. The van der Waals surface area contributed by atoms with Crippen LogP contribution in [-0.2, 0) is 15.3 Å². The number of hydrogen-bond donors (Lipinski definition) is 2. The summed E-state index contributed by atoms with van der Waals surface area (Å²) in [6, 6.07) is 5.88. The Labute approximate surface area is 203 Å². The number of aliphatic imine (C=N–C) groups is 1. The Morgan fingerprint density at radius 3 is 2.80 bits per heavy atom. The molecule has 3 N–H and O–H groups in total. The third kappa shape index (κ3) is 3.63. The molecule has 0 fully saturated rings. The molecule has 0 saturated heterocycles. The molecule has 1 amide bonds. The first kappa shape index (κ1) is 24.3. The summed E-state index contributed by atoms with van der Waals surface area (Å²) in [5.74, 6) is 1.18. The van der Waals surface area contributed by atoms with Crippen LogP contribution in [0.5, 0.6) is 0 Å². The number of terminal acetylenes is 1. The number of aromatic nitrogens is 2. The SMILES string of the molecule is C#C[C@]1(c2nc(NC(=O)c3ncc(C#N)cc3C)ccc2F)N=C(N)C(C)(C)S2(=O)=NCCC[C@@H]12. The van der Waals surface area contributed by atoms with Crippen LogP contribution in [-0.4, -0.2) is 42.5 Å². The third-order valence-electron chi connectivity index (χ3n) is 6.50. The molecule has 0 aromatic carbocycles. The second-order valence-corrected chi connectivity index (χ2v) is 11.9. The number of aryl methyl sites for hydroxylation is 1. The van der Waals surface area contributed by atoms with Crippen molar-refractivity contribution in [1.29, 1.82) is 5.26 Å². The molecule has 0 radical (unpaired) electrons. The van der Waals surface area contributed by atoms with Gasteiger partial charge in [0, 0.05) is 12.7 Å². The van der Waals surface area contributed by atoms with Crippen molar-refractivity contribution >= 4 is 27.3 Å². The van der Waals surface area contributed by atoms with Gasteiger partial charge in [0.15, 0.2) is 5.54 Å². The maximum Gasteiger partial charge on any atom is 0.275 e. The molecule has 0 saturated carbocycles. The van der Waals surface area contributed by atoms with Gasteiger partial charge in [-0.05, 0) is 57.4 Å². The number of rotatable bonds is 3. The van der Waals surface area contributed by atoms with Gasteiger partial charge < -0.3 is 11.1 Å². The third-order valence-corrected chi connectivity index (χ3v) is 10.1. The highest BCUT2D eigenvalue weighted by molar-refractivity contribution is 7.96. The van der Waals surface area contributed by atoms with Crippen molar-refractivity contribution in [2.45, 2.75) is 49.1 Å². The highest BCUT2D eigenvalue weighted by Gasteiger charge is 2.58. The molecule has 3 atom stereocenters. The van der Waals surface area contributed by atoms with Crippen LogP contribution in [0.25, 0.3) is 0 Å². The molecule has 0 bridgehead atoms. The van der Waals surface area contributed by atoms with Gasteiger partial charge in [-0.2, -0.15) is 5.26 Å². The number of amidine groups is 1. The average Bonchev–Trinajstić information content (AvgIpc) is 2.83. The number of hydrogen-bond acceptors (Lipinski definition) is 8. The van der Waals surface area contributed by atoms with Gasteiger partial charge in [-0.15, -0.1) is 6.42 Å². The largest absolute Gasteiger partial charge is 0.386 e. The molecule has 1 unspecified atom stereocenters. The van der Waals surface area contributed by atoms with E-state index in [2.05, 4.69) is 30.6 Å². The van der Waals surface area contributed by atoms with Crippen molar-refractivity contribution in [2.75, 3.05) is 11.9 Å². The number of nitriles is 1. The van der Waals surface area contributed by atoms with E-state index in [1.807, 2.05) is 6.07 Å². The summed E-state index contributed by atoms with van der Waals surface area (Å²) in [5, 5.41) is 10.8. The van der Waals surface area contributed by atoms with E-state index in [1.54, 1.807) is 20.8 Å². The highest BCUT2D eigenvalue weighted by atomic mass is 32.2.